The van der Waals surface area contributed by atoms with Crippen molar-refractivity contribution in [3.63, 3.8) is 0 Å². The number of hydrogen-bond donors (Lipinski definition) is 1. The van der Waals surface area contributed by atoms with E-state index in [0.717, 1.165) is 12.8 Å². The minimum absolute atomic E-state index is 0.273. The summed E-state index contributed by atoms with van der Waals surface area (Å²) in [6.45, 7) is 0. The highest BCUT2D eigenvalue weighted by Crippen LogP contribution is 2.29. The highest BCUT2D eigenvalue weighted by atomic mass is 32.2. The highest BCUT2D eigenvalue weighted by Gasteiger charge is 2.30. The van der Waals surface area contributed by atoms with Crippen molar-refractivity contribution in [1.29, 1.82) is 0 Å². The monoisotopic (exact) mass is 145 g/mol. The lowest BCUT2D eigenvalue weighted by molar-refractivity contribution is -0.116. The third-order valence-corrected chi connectivity index (χ3v) is 2.44. The average molecular weight is 145 g/mol. The molecule has 1 fully saturated rings. The Morgan fingerprint density at radius 3 is 2.56 bits per heavy atom. The molecule has 0 bridgehead atoms. The fourth-order valence-electron chi connectivity index (χ4n) is 1.02. The minimum Gasteiger partial charge on any atom is -0.328 e. The third-order valence-electron chi connectivity index (χ3n) is 1.71. The van der Waals surface area contributed by atoms with Crippen molar-refractivity contribution < 1.29 is 4.79 Å². The maximum absolute atomic E-state index is 10.8. The molecule has 0 radical (unpaired) electrons. The number of carbonyl (C=O) groups is 1. The average Bonchev–Trinajstić information content (AvgIpc) is 1.79. The summed E-state index contributed by atoms with van der Waals surface area (Å²) in [6.07, 6.45) is 3.63. The minimum atomic E-state index is 0.273. The first-order valence-corrected chi connectivity index (χ1v) is 4.30. The van der Waals surface area contributed by atoms with Crippen molar-refractivity contribution in [2.45, 2.75) is 18.9 Å². The topological polar surface area (TPSA) is 43.1 Å². The Kier molecular flexibility index (Phi) is 2.13. The zero-order valence-corrected chi connectivity index (χ0v) is 6.28. The van der Waals surface area contributed by atoms with Crippen LogP contribution in [0.2, 0.25) is 0 Å². The summed E-state index contributed by atoms with van der Waals surface area (Å²) in [5.74, 6) is 0.273. The molecule has 0 unspecified atom stereocenters. The molecule has 0 spiro atoms. The van der Waals surface area contributed by atoms with Gasteiger partial charge in [-0.3, -0.25) is 4.79 Å². The summed E-state index contributed by atoms with van der Waals surface area (Å²) in [5, 5.41) is 0.303. The van der Waals surface area contributed by atoms with Crippen molar-refractivity contribution in [3.05, 3.63) is 0 Å². The largest absolute Gasteiger partial charge is 0.328 e. The predicted octanol–water partition coefficient (Wildman–Crippen LogP) is 0.613. The molecule has 0 aliphatic heterocycles. The smallest absolute Gasteiger partial charge is 0.191 e. The van der Waals surface area contributed by atoms with Crippen molar-refractivity contribution >= 4 is 16.9 Å². The van der Waals surface area contributed by atoms with E-state index in [2.05, 4.69) is 0 Å². The van der Waals surface area contributed by atoms with Crippen molar-refractivity contribution in [2.24, 2.45) is 11.7 Å². The van der Waals surface area contributed by atoms with Crippen LogP contribution < -0.4 is 5.73 Å². The summed E-state index contributed by atoms with van der Waals surface area (Å²) in [7, 11) is 0. The van der Waals surface area contributed by atoms with Crippen LogP contribution in [0.3, 0.4) is 0 Å². The molecule has 0 saturated heterocycles. The van der Waals surface area contributed by atoms with E-state index in [1.807, 2.05) is 6.26 Å². The van der Waals surface area contributed by atoms with Gasteiger partial charge in [0.05, 0.1) is 0 Å². The van der Waals surface area contributed by atoms with Gasteiger partial charge in [-0.05, 0) is 19.1 Å². The number of hydrogen-bond acceptors (Lipinski definition) is 3. The van der Waals surface area contributed by atoms with E-state index in [4.69, 9.17) is 5.73 Å². The molecule has 0 aromatic rings. The summed E-state index contributed by atoms with van der Waals surface area (Å²) < 4.78 is 0. The lowest BCUT2D eigenvalue weighted by Crippen LogP contribution is -2.39. The van der Waals surface area contributed by atoms with Gasteiger partial charge in [-0.15, -0.1) is 0 Å². The van der Waals surface area contributed by atoms with Gasteiger partial charge < -0.3 is 5.73 Å². The Bertz CT molecular complexity index is 120. The Labute approximate surface area is 59.2 Å². The molecule has 1 saturated carbocycles. The van der Waals surface area contributed by atoms with Gasteiger partial charge in [0.15, 0.2) is 5.12 Å². The van der Waals surface area contributed by atoms with Crippen LogP contribution >= 0.6 is 11.8 Å². The Morgan fingerprint density at radius 2 is 2.22 bits per heavy atom. The van der Waals surface area contributed by atoms with Crippen molar-refractivity contribution in [1.82, 2.24) is 0 Å². The molecule has 0 atom stereocenters. The maximum atomic E-state index is 10.8. The predicted molar refractivity (Wildman–Crippen MR) is 39.2 cm³/mol. The fourth-order valence-corrected chi connectivity index (χ4v) is 1.55. The molecule has 2 N–H and O–H groups in total. The van der Waals surface area contributed by atoms with Gasteiger partial charge in [-0.25, -0.2) is 0 Å². The number of rotatable bonds is 1. The Morgan fingerprint density at radius 1 is 1.67 bits per heavy atom. The van der Waals surface area contributed by atoms with Gasteiger partial charge in [0.1, 0.15) is 0 Å². The maximum Gasteiger partial charge on any atom is 0.191 e. The molecule has 0 aromatic carbocycles. The van der Waals surface area contributed by atoms with E-state index in [0.29, 0.717) is 11.2 Å². The molecule has 1 aliphatic rings. The quantitative estimate of drug-likeness (QED) is 0.588. The molecule has 0 aromatic heterocycles. The van der Waals surface area contributed by atoms with Gasteiger partial charge in [0.2, 0.25) is 0 Å². The molecule has 1 rings (SSSR count). The highest BCUT2D eigenvalue weighted by molar-refractivity contribution is 8.13. The Balaban J connectivity index is 2.23. The molecule has 1 aliphatic carbocycles. The molecule has 52 valence electrons. The summed E-state index contributed by atoms with van der Waals surface area (Å²) >= 11 is 1.32. The van der Waals surface area contributed by atoms with Crippen LogP contribution in [0.25, 0.3) is 0 Å². The molecule has 3 heteroatoms. The third kappa shape index (κ3) is 1.46. The fraction of sp³-hybridized carbons (Fsp3) is 0.833. The van der Waals surface area contributed by atoms with Crippen LogP contribution in [0, 0.1) is 5.92 Å². The van der Waals surface area contributed by atoms with E-state index in [9.17, 15) is 4.79 Å². The second-order valence-electron chi connectivity index (χ2n) is 2.45. The van der Waals surface area contributed by atoms with Crippen molar-refractivity contribution in [2.75, 3.05) is 6.26 Å². The van der Waals surface area contributed by atoms with E-state index < -0.39 is 0 Å². The van der Waals surface area contributed by atoms with Crippen LogP contribution in [-0.2, 0) is 4.79 Å². The zero-order chi connectivity index (χ0) is 6.85. The zero-order valence-electron chi connectivity index (χ0n) is 5.46. The van der Waals surface area contributed by atoms with E-state index in [-0.39, 0.29) is 5.92 Å². The molecule has 9 heavy (non-hydrogen) atoms. The van der Waals surface area contributed by atoms with Crippen LogP contribution in [0.4, 0.5) is 0 Å². The first-order valence-electron chi connectivity index (χ1n) is 3.07. The lowest BCUT2D eigenvalue weighted by Gasteiger charge is -2.30. The molecule has 2 nitrogen and oxygen atoms in total. The molecular weight excluding hydrogens is 134 g/mol. The van der Waals surface area contributed by atoms with E-state index >= 15 is 0 Å². The van der Waals surface area contributed by atoms with Gasteiger partial charge >= 0.3 is 0 Å². The molecule has 0 heterocycles. The second kappa shape index (κ2) is 2.71. The second-order valence-corrected chi connectivity index (χ2v) is 3.26. The van der Waals surface area contributed by atoms with Crippen LogP contribution in [0.5, 0.6) is 0 Å². The van der Waals surface area contributed by atoms with Crippen LogP contribution in [0.15, 0.2) is 0 Å². The number of thioether (sulfide) groups is 1. The van der Waals surface area contributed by atoms with E-state index in [1.165, 1.54) is 11.8 Å². The Hall–Kier alpha value is -0.0200. The molecule has 0 amide bonds. The normalized spacial score (nSPS) is 33.6. The summed E-state index contributed by atoms with van der Waals surface area (Å²) in [4.78, 5) is 10.8. The standard InChI is InChI=1S/C6H11NOS/c1-9-6(8)4-2-5(7)3-4/h4-5H,2-3,7H2,1H3. The van der Waals surface area contributed by atoms with Gasteiger partial charge in [-0.2, -0.15) is 0 Å². The van der Waals surface area contributed by atoms with Gasteiger partial charge in [-0.1, -0.05) is 11.8 Å². The summed E-state index contributed by atoms with van der Waals surface area (Å²) in [6, 6.07) is 0.297. The number of nitrogens with two attached hydrogens (primary N) is 1. The van der Waals surface area contributed by atoms with Gasteiger partial charge in [0.25, 0.3) is 0 Å². The summed E-state index contributed by atoms with van der Waals surface area (Å²) in [5.41, 5.74) is 5.50. The molecular formula is C6H11NOS. The van der Waals surface area contributed by atoms with Gasteiger partial charge in [0, 0.05) is 12.0 Å². The van der Waals surface area contributed by atoms with Crippen molar-refractivity contribution in [3.8, 4) is 0 Å². The van der Waals surface area contributed by atoms with Crippen LogP contribution in [-0.4, -0.2) is 17.4 Å². The first-order chi connectivity index (χ1) is 4.24. The van der Waals surface area contributed by atoms with E-state index in [1.54, 1.807) is 0 Å². The lowest BCUT2D eigenvalue weighted by atomic mass is 9.82. The van der Waals surface area contributed by atoms with Crippen LogP contribution in [0.1, 0.15) is 12.8 Å². The first kappa shape index (κ1) is 7.09. The SMILES string of the molecule is CSC(=O)C1CC(N)C1. The number of carbonyl (C=O) groups excluding carboxylic acids is 1.